The van der Waals surface area contributed by atoms with Crippen LogP contribution in [0.4, 0.5) is 5.69 Å². The molecule has 0 amide bonds. The van der Waals surface area contributed by atoms with Crippen molar-refractivity contribution in [2.75, 3.05) is 18.0 Å². The van der Waals surface area contributed by atoms with Gasteiger partial charge in [-0.3, -0.25) is 14.3 Å². The molecule has 1 aromatic carbocycles. The fourth-order valence-electron chi connectivity index (χ4n) is 4.10. The van der Waals surface area contributed by atoms with Crippen LogP contribution in [0.25, 0.3) is 22.2 Å². The third kappa shape index (κ3) is 3.11. The maximum absolute atomic E-state index is 13.0. The summed E-state index contributed by atoms with van der Waals surface area (Å²) in [4.78, 5) is 39.7. The second kappa shape index (κ2) is 7.13. The van der Waals surface area contributed by atoms with Crippen molar-refractivity contribution in [2.24, 2.45) is 0 Å². The average molecular weight is 367 g/mol. The molecule has 1 saturated carbocycles. The zero-order valence-electron chi connectivity index (χ0n) is 15.9. The smallest absolute Gasteiger partial charge is 0.330 e. The highest BCUT2D eigenvalue weighted by atomic mass is 16.2. The minimum Gasteiger partial charge on any atom is -0.372 e. The van der Waals surface area contributed by atoms with Gasteiger partial charge >= 0.3 is 5.69 Å². The minimum atomic E-state index is -0.382. The highest BCUT2D eigenvalue weighted by Crippen LogP contribution is 2.26. The van der Waals surface area contributed by atoms with Crippen molar-refractivity contribution in [1.82, 2.24) is 19.5 Å². The molecule has 2 aromatic heterocycles. The summed E-state index contributed by atoms with van der Waals surface area (Å²) in [5.74, 6) is 0. The molecular weight excluding hydrogens is 342 g/mol. The molecular formula is C20H25N5O2. The number of anilines is 1. The number of aromatic amines is 1. The van der Waals surface area contributed by atoms with Gasteiger partial charge in [-0.2, -0.15) is 0 Å². The molecule has 0 bridgehead atoms. The monoisotopic (exact) mass is 367 g/mol. The molecule has 7 heteroatoms. The van der Waals surface area contributed by atoms with Gasteiger partial charge in [-0.05, 0) is 44.9 Å². The fraction of sp³-hybridized carbons (Fsp3) is 0.500. The predicted molar refractivity (Wildman–Crippen MR) is 108 cm³/mol. The number of H-pyrrole nitrogens is 1. The van der Waals surface area contributed by atoms with Crippen molar-refractivity contribution in [1.29, 1.82) is 0 Å². The van der Waals surface area contributed by atoms with E-state index in [0.717, 1.165) is 50.9 Å². The number of benzene rings is 1. The lowest BCUT2D eigenvalue weighted by molar-refractivity contribution is 0.337. The van der Waals surface area contributed by atoms with E-state index in [-0.39, 0.29) is 28.5 Å². The van der Waals surface area contributed by atoms with Crippen molar-refractivity contribution in [3.63, 3.8) is 0 Å². The molecule has 0 aliphatic heterocycles. The molecule has 0 atom stereocenters. The second-order valence-corrected chi connectivity index (χ2v) is 7.16. The lowest BCUT2D eigenvalue weighted by atomic mass is 9.95. The molecule has 0 radical (unpaired) electrons. The number of fused-ring (bicyclic) bond motifs is 2. The topological polar surface area (TPSA) is 83.9 Å². The highest BCUT2D eigenvalue weighted by Gasteiger charge is 2.21. The third-order valence-corrected chi connectivity index (χ3v) is 5.58. The molecule has 0 spiro atoms. The van der Waals surface area contributed by atoms with Crippen LogP contribution in [0.2, 0.25) is 0 Å². The van der Waals surface area contributed by atoms with E-state index in [9.17, 15) is 9.59 Å². The first kappa shape index (κ1) is 17.7. The molecule has 142 valence electrons. The maximum Gasteiger partial charge on any atom is 0.330 e. The molecule has 1 fully saturated rings. The largest absolute Gasteiger partial charge is 0.372 e. The molecule has 3 aromatic rings. The summed E-state index contributed by atoms with van der Waals surface area (Å²) in [6, 6.07) is 5.81. The van der Waals surface area contributed by atoms with Gasteiger partial charge in [0.25, 0.3) is 5.56 Å². The Morgan fingerprint density at radius 2 is 1.81 bits per heavy atom. The Kier molecular flexibility index (Phi) is 4.68. The summed E-state index contributed by atoms with van der Waals surface area (Å²) in [7, 11) is 0. The molecule has 0 saturated heterocycles. The molecule has 1 N–H and O–H groups in total. The van der Waals surface area contributed by atoms with Crippen LogP contribution in [0.1, 0.15) is 52.0 Å². The maximum atomic E-state index is 13.0. The zero-order chi connectivity index (χ0) is 19.0. The van der Waals surface area contributed by atoms with Gasteiger partial charge in [-0.15, -0.1) is 0 Å². The van der Waals surface area contributed by atoms with E-state index < -0.39 is 0 Å². The van der Waals surface area contributed by atoms with Gasteiger partial charge in [-0.1, -0.05) is 19.3 Å². The number of nitrogens with one attached hydrogen (secondary N) is 1. The third-order valence-electron chi connectivity index (χ3n) is 5.58. The van der Waals surface area contributed by atoms with Gasteiger partial charge in [0.05, 0.1) is 11.0 Å². The first-order valence-corrected chi connectivity index (χ1v) is 9.83. The van der Waals surface area contributed by atoms with Crippen LogP contribution < -0.4 is 16.1 Å². The number of hydrogen-bond donors (Lipinski definition) is 1. The molecule has 0 unspecified atom stereocenters. The van der Waals surface area contributed by atoms with Crippen molar-refractivity contribution in [3.8, 4) is 0 Å². The van der Waals surface area contributed by atoms with Crippen LogP contribution >= 0.6 is 0 Å². The van der Waals surface area contributed by atoms with Crippen LogP contribution in [-0.4, -0.2) is 32.6 Å². The standard InChI is InChI=1S/C20H25N5O2/c1-3-24(4-2)14-10-11-15-16(12-14)22-18-17(21-15)19(26)25(20(27)23-18)13-8-6-5-7-9-13/h10-13H,3-9H2,1-2H3,(H,22,23,27). The summed E-state index contributed by atoms with van der Waals surface area (Å²) in [6.07, 6.45) is 4.99. The zero-order valence-corrected chi connectivity index (χ0v) is 15.9. The average Bonchev–Trinajstić information content (AvgIpc) is 2.68. The van der Waals surface area contributed by atoms with E-state index in [2.05, 4.69) is 33.7 Å². The SMILES string of the molecule is CCN(CC)c1ccc2nc3c(=O)n(C4CCCCC4)c(=O)[nH]c3nc2c1. The number of aromatic nitrogens is 4. The van der Waals surface area contributed by atoms with E-state index in [1.165, 1.54) is 4.57 Å². The second-order valence-electron chi connectivity index (χ2n) is 7.16. The Hall–Kier alpha value is -2.70. The predicted octanol–water partition coefficient (Wildman–Crippen LogP) is 2.98. The van der Waals surface area contributed by atoms with Gasteiger partial charge in [0.2, 0.25) is 0 Å². The Bertz CT molecular complexity index is 1090. The molecule has 1 aliphatic rings. The summed E-state index contributed by atoms with van der Waals surface area (Å²) in [5.41, 5.74) is 2.19. The highest BCUT2D eigenvalue weighted by molar-refractivity contribution is 5.86. The summed E-state index contributed by atoms with van der Waals surface area (Å²) in [6.45, 7) is 5.99. The Morgan fingerprint density at radius 1 is 1.07 bits per heavy atom. The molecule has 7 nitrogen and oxygen atoms in total. The lowest BCUT2D eigenvalue weighted by Crippen LogP contribution is -2.39. The quantitative estimate of drug-likeness (QED) is 0.717. The van der Waals surface area contributed by atoms with E-state index in [1.54, 1.807) is 0 Å². The lowest BCUT2D eigenvalue weighted by Gasteiger charge is -2.23. The Balaban J connectivity index is 1.88. The minimum absolute atomic E-state index is 0.0399. The van der Waals surface area contributed by atoms with Gasteiger partial charge in [0.1, 0.15) is 0 Å². The fourth-order valence-corrected chi connectivity index (χ4v) is 4.10. The summed E-state index contributed by atoms with van der Waals surface area (Å²) >= 11 is 0. The molecule has 1 aliphatic carbocycles. The van der Waals surface area contributed by atoms with Gasteiger partial charge < -0.3 is 4.90 Å². The number of rotatable bonds is 4. The molecule has 2 heterocycles. The van der Waals surface area contributed by atoms with Gasteiger partial charge in [-0.25, -0.2) is 14.8 Å². The van der Waals surface area contributed by atoms with Gasteiger partial charge in [0.15, 0.2) is 11.2 Å². The first-order valence-electron chi connectivity index (χ1n) is 9.83. The number of hydrogen-bond acceptors (Lipinski definition) is 5. The van der Waals surface area contributed by atoms with E-state index in [4.69, 9.17) is 0 Å². The van der Waals surface area contributed by atoms with Crippen LogP contribution in [0.15, 0.2) is 27.8 Å². The van der Waals surface area contributed by atoms with E-state index >= 15 is 0 Å². The Labute approximate surface area is 157 Å². The summed E-state index contributed by atoms with van der Waals surface area (Å²) in [5, 5.41) is 0. The van der Waals surface area contributed by atoms with Crippen molar-refractivity contribution in [2.45, 2.75) is 52.0 Å². The van der Waals surface area contributed by atoms with Crippen molar-refractivity contribution < 1.29 is 0 Å². The van der Waals surface area contributed by atoms with E-state index in [1.807, 2.05) is 18.2 Å². The van der Waals surface area contributed by atoms with Gasteiger partial charge in [0, 0.05) is 24.8 Å². The normalized spacial score (nSPS) is 15.5. The van der Waals surface area contributed by atoms with Crippen LogP contribution in [0.3, 0.4) is 0 Å². The van der Waals surface area contributed by atoms with Crippen LogP contribution in [0, 0.1) is 0 Å². The molecule has 27 heavy (non-hydrogen) atoms. The van der Waals surface area contributed by atoms with Crippen molar-refractivity contribution in [3.05, 3.63) is 39.0 Å². The van der Waals surface area contributed by atoms with E-state index in [0.29, 0.717) is 11.0 Å². The first-order chi connectivity index (χ1) is 13.1. The van der Waals surface area contributed by atoms with Crippen LogP contribution in [-0.2, 0) is 0 Å². The summed E-state index contributed by atoms with van der Waals surface area (Å²) < 4.78 is 1.35. The molecule has 4 rings (SSSR count). The van der Waals surface area contributed by atoms with Crippen LogP contribution in [0.5, 0.6) is 0 Å². The van der Waals surface area contributed by atoms with Crippen molar-refractivity contribution >= 4 is 27.9 Å². The Morgan fingerprint density at radius 3 is 2.52 bits per heavy atom. The number of nitrogens with zero attached hydrogens (tertiary/aromatic N) is 4.